The van der Waals surface area contributed by atoms with E-state index in [1.54, 1.807) is 39.3 Å². The van der Waals surface area contributed by atoms with Crippen molar-refractivity contribution in [2.45, 2.75) is 25.4 Å². The van der Waals surface area contributed by atoms with Crippen molar-refractivity contribution >= 4 is 5.91 Å². The van der Waals surface area contributed by atoms with Crippen LogP contribution in [0, 0.1) is 0 Å². The number of carbonyl (C=O) groups is 1. The Morgan fingerprint density at radius 3 is 2.67 bits per heavy atom. The van der Waals surface area contributed by atoms with Crippen LogP contribution in [0.5, 0.6) is 0 Å². The quantitative estimate of drug-likeness (QED) is 0.441. The molecule has 10 heteroatoms. The van der Waals surface area contributed by atoms with Gasteiger partial charge in [-0.05, 0) is 31.0 Å². The normalized spacial score (nSPS) is 13.0. The second-order valence-electron chi connectivity index (χ2n) is 8.26. The number of aromatic amines is 1. The van der Waals surface area contributed by atoms with Crippen LogP contribution in [0.4, 0.5) is 0 Å². The summed E-state index contributed by atoms with van der Waals surface area (Å²) >= 11 is 0. The van der Waals surface area contributed by atoms with E-state index in [0.29, 0.717) is 18.7 Å². The maximum Gasteiger partial charge on any atom is 0.264 e. The second-order valence-corrected chi connectivity index (χ2v) is 8.26. The molecule has 10 nitrogen and oxygen atoms in total. The van der Waals surface area contributed by atoms with Crippen molar-refractivity contribution in [2.24, 2.45) is 12.8 Å². The number of carbonyl (C=O) groups excluding carboxylic acids is 1. The molecule has 3 heterocycles. The van der Waals surface area contributed by atoms with Crippen molar-refractivity contribution in [3.63, 3.8) is 0 Å². The molecule has 33 heavy (non-hydrogen) atoms. The van der Waals surface area contributed by atoms with Crippen LogP contribution in [-0.4, -0.2) is 42.8 Å². The van der Waals surface area contributed by atoms with Crippen LogP contribution in [0.25, 0.3) is 11.6 Å². The minimum absolute atomic E-state index is 0.111. The van der Waals surface area contributed by atoms with Crippen LogP contribution in [0.2, 0.25) is 0 Å². The van der Waals surface area contributed by atoms with Crippen molar-refractivity contribution in [3.05, 3.63) is 87.8 Å². The highest BCUT2D eigenvalue weighted by atomic mass is 16.4. The maximum absolute atomic E-state index is 12.9. The molecule has 0 radical (unpaired) electrons. The number of benzene rings is 1. The standard InChI is InChI=1S/C23H25N7O3/c1-23(24,13-15-7-5-4-6-8-15)22-28-27-20(33-22)18-11-16(12-19(31)30(18)3)21(32)29(2)14-17-9-10-25-26-17/h4-12H,13-14,24H2,1-3H3,(H,25,26)/t23-/m0/s1. The fourth-order valence-electron chi connectivity index (χ4n) is 3.54. The highest BCUT2D eigenvalue weighted by molar-refractivity contribution is 5.94. The van der Waals surface area contributed by atoms with E-state index in [0.717, 1.165) is 11.3 Å². The number of nitrogens with one attached hydrogen (secondary N) is 1. The van der Waals surface area contributed by atoms with Crippen molar-refractivity contribution in [2.75, 3.05) is 7.05 Å². The average molecular weight is 447 g/mol. The van der Waals surface area contributed by atoms with Crippen LogP contribution in [0.3, 0.4) is 0 Å². The van der Waals surface area contributed by atoms with E-state index < -0.39 is 5.54 Å². The molecule has 170 valence electrons. The number of pyridine rings is 1. The van der Waals surface area contributed by atoms with Gasteiger partial charge in [-0.15, -0.1) is 10.2 Å². The summed E-state index contributed by atoms with van der Waals surface area (Å²) in [7, 11) is 3.23. The molecule has 0 unspecified atom stereocenters. The summed E-state index contributed by atoms with van der Waals surface area (Å²) in [5.41, 5.74) is 7.55. The van der Waals surface area contributed by atoms with Gasteiger partial charge >= 0.3 is 0 Å². The molecule has 4 aromatic rings. The third kappa shape index (κ3) is 4.75. The Kier molecular flexibility index (Phi) is 5.93. The summed E-state index contributed by atoms with van der Waals surface area (Å²) in [4.78, 5) is 27.0. The molecule has 4 rings (SSSR count). The van der Waals surface area contributed by atoms with E-state index in [1.807, 2.05) is 30.3 Å². The first-order valence-corrected chi connectivity index (χ1v) is 10.4. The molecule has 1 atom stereocenters. The number of H-pyrrole nitrogens is 1. The Balaban J connectivity index is 1.62. The summed E-state index contributed by atoms with van der Waals surface area (Å²) in [6, 6.07) is 14.4. The van der Waals surface area contributed by atoms with E-state index in [1.165, 1.54) is 15.5 Å². The number of nitrogens with zero attached hydrogens (tertiary/aromatic N) is 5. The minimum Gasteiger partial charge on any atom is -0.417 e. The van der Waals surface area contributed by atoms with E-state index in [-0.39, 0.29) is 28.8 Å². The van der Waals surface area contributed by atoms with Crippen LogP contribution in [0.1, 0.15) is 34.4 Å². The molecule has 3 N–H and O–H groups in total. The molecule has 0 saturated carbocycles. The molecular formula is C23H25N7O3. The SMILES string of the molecule is CN(Cc1ccn[nH]1)C(=O)c1cc(-c2nnc([C@@](C)(N)Cc3ccccc3)o2)n(C)c(=O)c1. The zero-order chi connectivity index (χ0) is 23.6. The van der Waals surface area contributed by atoms with Crippen molar-refractivity contribution in [1.29, 1.82) is 0 Å². The highest BCUT2D eigenvalue weighted by Crippen LogP contribution is 2.25. The molecular weight excluding hydrogens is 422 g/mol. The second kappa shape index (κ2) is 8.83. The Bertz CT molecular complexity index is 1310. The van der Waals surface area contributed by atoms with Crippen molar-refractivity contribution < 1.29 is 9.21 Å². The predicted molar refractivity (Wildman–Crippen MR) is 121 cm³/mol. The lowest BCUT2D eigenvalue weighted by Crippen LogP contribution is -2.35. The van der Waals surface area contributed by atoms with Crippen molar-refractivity contribution in [3.8, 4) is 11.6 Å². The van der Waals surface area contributed by atoms with Gasteiger partial charge in [-0.25, -0.2) is 0 Å². The summed E-state index contributed by atoms with van der Waals surface area (Å²) in [6.07, 6.45) is 2.10. The molecule has 0 aliphatic carbocycles. The monoisotopic (exact) mass is 447 g/mol. The zero-order valence-electron chi connectivity index (χ0n) is 18.6. The fraction of sp³-hybridized carbons (Fsp3) is 0.261. The molecule has 1 aromatic carbocycles. The molecule has 0 bridgehead atoms. The van der Waals surface area contributed by atoms with Gasteiger partial charge in [-0.2, -0.15) is 5.10 Å². The minimum atomic E-state index is -0.913. The van der Waals surface area contributed by atoms with Gasteiger partial charge in [-0.3, -0.25) is 14.7 Å². The molecule has 0 saturated heterocycles. The zero-order valence-corrected chi connectivity index (χ0v) is 18.6. The predicted octanol–water partition coefficient (Wildman–Crippen LogP) is 1.85. The molecule has 0 aliphatic rings. The van der Waals surface area contributed by atoms with Crippen LogP contribution >= 0.6 is 0 Å². The smallest absolute Gasteiger partial charge is 0.264 e. The lowest BCUT2D eigenvalue weighted by atomic mass is 9.94. The van der Waals surface area contributed by atoms with E-state index >= 15 is 0 Å². The Morgan fingerprint density at radius 2 is 1.97 bits per heavy atom. The number of rotatable bonds is 7. The van der Waals surface area contributed by atoms with Gasteiger partial charge in [-0.1, -0.05) is 30.3 Å². The number of hydrogen-bond acceptors (Lipinski definition) is 7. The van der Waals surface area contributed by atoms with Crippen LogP contribution in [0.15, 0.2) is 63.9 Å². The highest BCUT2D eigenvalue weighted by Gasteiger charge is 2.29. The fourth-order valence-corrected chi connectivity index (χ4v) is 3.54. The molecule has 3 aromatic heterocycles. The molecule has 0 fully saturated rings. The number of nitrogens with two attached hydrogens (primary N) is 1. The van der Waals surface area contributed by atoms with E-state index in [4.69, 9.17) is 10.2 Å². The average Bonchev–Trinajstić information content (AvgIpc) is 3.48. The van der Waals surface area contributed by atoms with Gasteiger partial charge in [0.2, 0.25) is 5.89 Å². The van der Waals surface area contributed by atoms with E-state index in [2.05, 4.69) is 20.4 Å². The van der Waals surface area contributed by atoms with Gasteiger partial charge in [0, 0.05) is 31.9 Å². The van der Waals surface area contributed by atoms with Gasteiger partial charge in [0.25, 0.3) is 17.4 Å². The Morgan fingerprint density at radius 1 is 1.21 bits per heavy atom. The summed E-state index contributed by atoms with van der Waals surface area (Å²) in [5, 5.41) is 14.9. The number of amides is 1. The van der Waals surface area contributed by atoms with Gasteiger partial charge in [0.15, 0.2) is 0 Å². The Hall–Kier alpha value is -4.05. The first-order valence-electron chi connectivity index (χ1n) is 10.4. The maximum atomic E-state index is 12.9. The molecule has 0 spiro atoms. The third-order valence-electron chi connectivity index (χ3n) is 5.37. The summed E-state index contributed by atoms with van der Waals surface area (Å²) in [6.45, 7) is 2.12. The van der Waals surface area contributed by atoms with Gasteiger partial charge < -0.3 is 19.6 Å². The van der Waals surface area contributed by atoms with Gasteiger partial charge in [0.05, 0.1) is 17.8 Å². The molecule has 0 aliphatic heterocycles. The van der Waals surface area contributed by atoms with Crippen LogP contribution < -0.4 is 11.3 Å². The third-order valence-corrected chi connectivity index (χ3v) is 5.37. The topological polar surface area (TPSA) is 136 Å². The Labute approximate surface area is 190 Å². The largest absolute Gasteiger partial charge is 0.417 e. The summed E-state index contributed by atoms with van der Waals surface area (Å²) < 4.78 is 7.23. The molecule has 1 amide bonds. The van der Waals surface area contributed by atoms with Crippen LogP contribution in [-0.2, 0) is 25.6 Å². The van der Waals surface area contributed by atoms with E-state index in [9.17, 15) is 9.59 Å². The first kappa shape index (κ1) is 22.2. The lowest BCUT2D eigenvalue weighted by Gasteiger charge is -2.20. The van der Waals surface area contributed by atoms with Crippen molar-refractivity contribution in [1.82, 2.24) is 29.9 Å². The van der Waals surface area contributed by atoms with Gasteiger partial charge in [0.1, 0.15) is 5.69 Å². The first-order chi connectivity index (χ1) is 15.7. The number of hydrogen-bond donors (Lipinski definition) is 2. The lowest BCUT2D eigenvalue weighted by molar-refractivity contribution is 0.0783. The number of aromatic nitrogens is 5. The summed E-state index contributed by atoms with van der Waals surface area (Å²) in [5.74, 6) is 0.0260.